The molecule has 0 aliphatic carbocycles. The van der Waals surface area contributed by atoms with Crippen molar-refractivity contribution in [2.24, 2.45) is 10.9 Å². The van der Waals surface area contributed by atoms with Gasteiger partial charge in [-0.2, -0.15) is 11.8 Å². The van der Waals surface area contributed by atoms with Gasteiger partial charge >= 0.3 is 0 Å². The smallest absolute Gasteiger partial charge is 0.191 e. The van der Waals surface area contributed by atoms with Crippen LogP contribution in [0.5, 0.6) is 0 Å². The van der Waals surface area contributed by atoms with Crippen molar-refractivity contribution < 1.29 is 4.74 Å². The third-order valence-corrected chi connectivity index (χ3v) is 8.17. The molecule has 0 aromatic rings. The van der Waals surface area contributed by atoms with E-state index in [1.165, 1.54) is 56.7 Å². The summed E-state index contributed by atoms with van der Waals surface area (Å²) in [6.07, 6.45) is 6.72. The lowest BCUT2D eigenvalue weighted by atomic mass is 9.95. The summed E-state index contributed by atoms with van der Waals surface area (Å²) < 4.78 is 5.60. The normalized spacial score (nSPS) is 29.0. The maximum absolute atomic E-state index is 5.60. The molecule has 29 heavy (non-hydrogen) atoms. The summed E-state index contributed by atoms with van der Waals surface area (Å²) >= 11 is 2.09. The van der Waals surface area contributed by atoms with Crippen molar-refractivity contribution in [2.45, 2.75) is 57.5 Å². The summed E-state index contributed by atoms with van der Waals surface area (Å²) in [6, 6.07) is 0.571. The van der Waals surface area contributed by atoms with Gasteiger partial charge in [-0.05, 0) is 44.0 Å². The zero-order valence-corrected chi connectivity index (χ0v) is 19.7. The minimum Gasteiger partial charge on any atom is -0.379 e. The Morgan fingerprint density at radius 3 is 2.38 bits per heavy atom. The number of nitrogens with zero attached hydrogens (tertiary/aromatic N) is 3. The summed E-state index contributed by atoms with van der Waals surface area (Å²) in [4.78, 5) is 9.91. The van der Waals surface area contributed by atoms with Crippen LogP contribution < -0.4 is 10.6 Å². The third kappa shape index (κ3) is 6.49. The van der Waals surface area contributed by atoms with Crippen LogP contribution in [0.25, 0.3) is 0 Å². The second-order valence-corrected chi connectivity index (χ2v) is 10.3. The van der Waals surface area contributed by atoms with Crippen molar-refractivity contribution in [1.82, 2.24) is 20.4 Å². The van der Waals surface area contributed by atoms with Gasteiger partial charge in [0, 0.05) is 50.6 Å². The molecular formula is C22H43N5OS. The Morgan fingerprint density at radius 1 is 1.07 bits per heavy atom. The highest BCUT2D eigenvalue weighted by Crippen LogP contribution is 2.33. The van der Waals surface area contributed by atoms with Crippen LogP contribution in [0.4, 0.5) is 0 Å². The molecule has 3 saturated heterocycles. The summed E-state index contributed by atoms with van der Waals surface area (Å²) in [7, 11) is 1.90. The van der Waals surface area contributed by atoms with Crippen LogP contribution in [0.15, 0.2) is 4.99 Å². The molecule has 0 radical (unpaired) electrons. The Kier molecular flexibility index (Phi) is 9.41. The first-order valence-corrected chi connectivity index (χ1v) is 12.9. The Bertz CT molecular complexity index is 495. The highest BCUT2D eigenvalue weighted by atomic mass is 32.2. The van der Waals surface area contributed by atoms with Crippen molar-refractivity contribution in [3.05, 3.63) is 0 Å². The van der Waals surface area contributed by atoms with Gasteiger partial charge < -0.3 is 15.4 Å². The van der Waals surface area contributed by atoms with E-state index in [-0.39, 0.29) is 5.54 Å². The minimum atomic E-state index is 0.244. The monoisotopic (exact) mass is 425 g/mol. The molecule has 0 saturated carbocycles. The Labute approximate surface area is 182 Å². The second-order valence-electron chi connectivity index (χ2n) is 9.19. The number of thioether (sulfide) groups is 1. The first-order valence-electron chi connectivity index (χ1n) is 11.7. The molecule has 0 aromatic carbocycles. The topological polar surface area (TPSA) is 52.1 Å². The summed E-state index contributed by atoms with van der Waals surface area (Å²) in [5.41, 5.74) is 0.244. The fourth-order valence-electron chi connectivity index (χ4n) is 5.02. The molecule has 3 fully saturated rings. The van der Waals surface area contributed by atoms with Gasteiger partial charge in [0.05, 0.1) is 13.2 Å². The number of hydrogen-bond acceptors (Lipinski definition) is 5. The van der Waals surface area contributed by atoms with Crippen LogP contribution in [0, 0.1) is 5.92 Å². The molecule has 2 unspecified atom stereocenters. The van der Waals surface area contributed by atoms with Crippen molar-refractivity contribution in [3.8, 4) is 0 Å². The number of nitrogens with one attached hydrogen (secondary N) is 2. The number of hydrogen-bond donors (Lipinski definition) is 2. The van der Waals surface area contributed by atoms with Crippen molar-refractivity contribution in [1.29, 1.82) is 0 Å². The van der Waals surface area contributed by atoms with Crippen molar-refractivity contribution in [2.75, 3.05) is 71.0 Å². The highest BCUT2D eigenvalue weighted by Gasteiger charge is 2.40. The quantitative estimate of drug-likeness (QED) is 0.482. The summed E-state index contributed by atoms with van der Waals surface area (Å²) in [5.74, 6) is 4.06. The lowest BCUT2D eigenvalue weighted by Crippen LogP contribution is -2.60. The van der Waals surface area contributed by atoms with E-state index < -0.39 is 0 Å². The molecule has 0 amide bonds. The first kappa shape index (κ1) is 23.2. The van der Waals surface area contributed by atoms with Crippen LogP contribution in [0.1, 0.15) is 46.0 Å². The van der Waals surface area contributed by atoms with Crippen molar-refractivity contribution in [3.63, 3.8) is 0 Å². The molecule has 0 bridgehead atoms. The van der Waals surface area contributed by atoms with Crippen LogP contribution in [0.2, 0.25) is 0 Å². The Hall–Kier alpha value is -0.500. The molecule has 168 valence electrons. The van der Waals surface area contributed by atoms with E-state index in [2.05, 4.69) is 51.0 Å². The maximum atomic E-state index is 5.60. The number of aliphatic imine (C=N–C) groups is 1. The molecule has 2 N–H and O–H groups in total. The van der Waals surface area contributed by atoms with E-state index in [0.717, 1.165) is 45.4 Å². The fourth-order valence-corrected chi connectivity index (χ4v) is 6.50. The SMILES string of the molecule is CN=C(NCC(C(C)C)N1CCCCCC1)NCC1(N2CCOCC2)CCSC1. The van der Waals surface area contributed by atoms with Gasteiger partial charge in [0.2, 0.25) is 0 Å². The van der Waals surface area contributed by atoms with E-state index in [4.69, 9.17) is 4.74 Å². The highest BCUT2D eigenvalue weighted by molar-refractivity contribution is 7.99. The van der Waals surface area contributed by atoms with Gasteiger partial charge in [0.15, 0.2) is 5.96 Å². The first-order chi connectivity index (χ1) is 14.1. The zero-order chi connectivity index (χ0) is 20.5. The van der Waals surface area contributed by atoms with E-state index in [1.807, 2.05) is 7.05 Å². The molecule has 3 aliphatic heterocycles. The van der Waals surface area contributed by atoms with Crippen LogP contribution in [0.3, 0.4) is 0 Å². The number of ether oxygens (including phenoxy) is 1. The van der Waals surface area contributed by atoms with Gasteiger partial charge in [-0.3, -0.25) is 14.8 Å². The zero-order valence-electron chi connectivity index (χ0n) is 18.9. The molecule has 0 spiro atoms. The molecule has 3 aliphatic rings. The van der Waals surface area contributed by atoms with Gasteiger partial charge in [0.1, 0.15) is 0 Å². The Balaban J connectivity index is 1.53. The van der Waals surface area contributed by atoms with Gasteiger partial charge in [-0.25, -0.2) is 0 Å². The lowest BCUT2D eigenvalue weighted by Gasteiger charge is -2.43. The number of likely N-dealkylation sites (tertiary alicyclic amines) is 1. The number of morpholine rings is 1. The molecule has 2 atom stereocenters. The largest absolute Gasteiger partial charge is 0.379 e. The predicted octanol–water partition coefficient (Wildman–Crippen LogP) is 2.26. The van der Waals surface area contributed by atoms with E-state index in [1.54, 1.807) is 0 Å². The van der Waals surface area contributed by atoms with Crippen molar-refractivity contribution >= 4 is 17.7 Å². The van der Waals surface area contributed by atoms with Gasteiger partial charge in [-0.1, -0.05) is 26.7 Å². The second kappa shape index (κ2) is 11.8. The third-order valence-electron chi connectivity index (χ3n) is 6.93. The molecule has 6 nitrogen and oxygen atoms in total. The molecule has 0 aromatic heterocycles. The van der Waals surface area contributed by atoms with E-state index >= 15 is 0 Å². The average Bonchev–Trinajstić information content (AvgIpc) is 3.07. The van der Waals surface area contributed by atoms with Crippen LogP contribution in [-0.2, 0) is 4.74 Å². The summed E-state index contributed by atoms with van der Waals surface area (Å²) in [6.45, 7) is 13.0. The standard InChI is InChI=1S/C22H43N5OS/c1-19(2)20(26-9-6-4-5-7-10-26)16-24-21(23-3)25-17-22(8-15-29-18-22)27-11-13-28-14-12-27/h19-20H,4-18H2,1-3H3,(H2,23,24,25). The fraction of sp³-hybridized carbons (Fsp3) is 0.955. The number of rotatable bonds is 7. The maximum Gasteiger partial charge on any atom is 0.191 e. The molecule has 3 rings (SSSR count). The van der Waals surface area contributed by atoms with E-state index in [0.29, 0.717) is 12.0 Å². The number of guanidine groups is 1. The molecular weight excluding hydrogens is 382 g/mol. The molecule has 3 heterocycles. The lowest BCUT2D eigenvalue weighted by molar-refractivity contribution is -0.0120. The van der Waals surface area contributed by atoms with Crippen LogP contribution in [-0.4, -0.2) is 98.4 Å². The van der Waals surface area contributed by atoms with Crippen LogP contribution >= 0.6 is 11.8 Å². The molecule has 7 heteroatoms. The average molecular weight is 426 g/mol. The minimum absolute atomic E-state index is 0.244. The summed E-state index contributed by atoms with van der Waals surface area (Å²) in [5, 5.41) is 7.34. The Morgan fingerprint density at radius 2 is 1.79 bits per heavy atom. The van der Waals surface area contributed by atoms with E-state index in [9.17, 15) is 0 Å². The predicted molar refractivity (Wildman–Crippen MR) is 125 cm³/mol. The van der Waals surface area contributed by atoms with Gasteiger partial charge in [0.25, 0.3) is 0 Å². The van der Waals surface area contributed by atoms with Gasteiger partial charge in [-0.15, -0.1) is 0 Å².